The fourth-order valence-corrected chi connectivity index (χ4v) is 2.30. The van der Waals surface area contributed by atoms with Crippen LogP contribution >= 0.6 is 0 Å². The molecule has 1 N–H and O–H groups in total. The Hall–Kier alpha value is -2.04. The number of amides is 1. The van der Waals surface area contributed by atoms with Gasteiger partial charge in [-0.25, -0.2) is 0 Å². The zero-order chi connectivity index (χ0) is 15.2. The molecule has 1 amide bonds. The summed E-state index contributed by atoms with van der Waals surface area (Å²) in [5, 5.41) is 8.75. The van der Waals surface area contributed by atoms with Crippen LogP contribution in [0.4, 0.5) is 5.69 Å². The highest BCUT2D eigenvalue weighted by Gasteiger charge is 2.30. The summed E-state index contributed by atoms with van der Waals surface area (Å²) in [6.45, 7) is 0.872. The van der Waals surface area contributed by atoms with Gasteiger partial charge in [-0.05, 0) is 31.4 Å². The number of para-hydroxylation sites is 1. The molecule has 0 spiro atoms. The smallest absolute Gasteiger partial charge is 0.303 e. The first-order chi connectivity index (χ1) is 10.1. The number of hydrogen-bond donors (Lipinski definition) is 1. The van der Waals surface area contributed by atoms with Crippen molar-refractivity contribution in [2.45, 2.75) is 31.7 Å². The van der Waals surface area contributed by atoms with Gasteiger partial charge >= 0.3 is 5.97 Å². The van der Waals surface area contributed by atoms with Crippen molar-refractivity contribution in [3.63, 3.8) is 0 Å². The van der Waals surface area contributed by atoms with Crippen LogP contribution in [0.2, 0.25) is 0 Å². The van der Waals surface area contributed by atoms with Gasteiger partial charge in [-0.15, -0.1) is 0 Å². The fourth-order valence-electron chi connectivity index (χ4n) is 2.30. The minimum atomic E-state index is -0.801. The number of nitrogens with zero attached hydrogens (tertiary/aromatic N) is 2. The summed E-state index contributed by atoms with van der Waals surface area (Å²) in [4.78, 5) is 26.7. The number of carboxylic acids is 1. The Bertz CT molecular complexity index is 486. The molecule has 1 aromatic carbocycles. The van der Waals surface area contributed by atoms with Crippen LogP contribution < -0.4 is 4.90 Å². The summed E-state index contributed by atoms with van der Waals surface area (Å²) in [6, 6.07) is 10.1. The predicted molar refractivity (Wildman–Crippen MR) is 81.3 cm³/mol. The van der Waals surface area contributed by atoms with Gasteiger partial charge in [0.25, 0.3) is 0 Å². The minimum Gasteiger partial charge on any atom is -0.481 e. The first kappa shape index (κ1) is 15.4. The van der Waals surface area contributed by atoms with Gasteiger partial charge in [0.1, 0.15) is 0 Å². The topological polar surface area (TPSA) is 60.9 Å². The third kappa shape index (κ3) is 4.77. The lowest BCUT2D eigenvalue weighted by Gasteiger charge is -2.27. The number of carbonyl (C=O) groups excluding carboxylic acids is 1. The molecule has 0 unspecified atom stereocenters. The molecule has 0 bridgehead atoms. The van der Waals surface area contributed by atoms with Crippen molar-refractivity contribution in [3.8, 4) is 0 Å². The normalized spacial score (nSPS) is 13.8. The second-order valence-corrected chi connectivity index (χ2v) is 5.49. The van der Waals surface area contributed by atoms with Crippen molar-refractivity contribution in [2.24, 2.45) is 0 Å². The Morgan fingerprint density at radius 2 is 1.90 bits per heavy atom. The molecular formula is C16H22N2O3. The number of benzene rings is 1. The second kappa shape index (κ2) is 7.11. The van der Waals surface area contributed by atoms with Crippen LogP contribution in [0.5, 0.6) is 0 Å². The lowest BCUT2D eigenvalue weighted by atomic mass is 10.2. The summed E-state index contributed by atoms with van der Waals surface area (Å²) >= 11 is 0. The number of carbonyl (C=O) groups is 2. The van der Waals surface area contributed by atoms with Crippen LogP contribution in [0.1, 0.15) is 25.7 Å². The summed E-state index contributed by atoms with van der Waals surface area (Å²) in [5.41, 5.74) is 0.959. The van der Waals surface area contributed by atoms with Gasteiger partial charge in [0.05, 0.1) is 6.54 Å². The van der Waals surface area contributed by atoms with Crippen LogP contribution in [0.25, 0.3) is 0 Å². The van der Waals surface area contributed by atoms with E-state index in [1.807, 2.05) is 47.2 Å². The second-order valence-electron chi connectivity index (χ2n) is 5.49. The molecule has 1 aromatic rings. The van der Waals surface area contributed by atoms with Crippen molar-refractivity contribution < 1.29 is 14.7 Å². The van der Waals surface area contributed by atoms with Gasteiger partial charge in [0.15, 0.2) is 0 Å². The van der Waals surface area contributed by atoms with E-state index in [-0.39, 0.29) is 12.3 Å². The van der Waals surface area contributed by atoms with Gasteiger partial charge in [-0.2, -0.15) is 0 Å². The Morgan fingerprint density at radius 3 is 2.48 bits per heavy atom. The Labute approximate surface area is 125 Å². The van der Waals surface area contributed by atoms with Gasteiger partial charge < -0.3 is 14.9 Å². The fraction of sp³-hybridized carbons (Fsp3) is 0.500. The largest absolute Gasteiger partial charge is 0.481 e. The molecule has 1 aliphatic rings. The third-order valence-corrected chi connectivity index (χ3v) is 3.75. The van der Waals surface area contributed by atoms with E-state index in [1.54, 1.807) is 0 Å². The molecule has 1 fully saturated rings. The molecule has 5 nitrogen and oxygen atoms in total. The molecule has 0 saturated heterocycles. The minimum absolute atomic E-state index is 0.0941. The molecule has 1 saturated carbocycles. The molecule has 0 aliphatic heterocycles. The average Bonchev–Trinajstić information content (AvgIpc) is 3.30. The van der Waals surface area contributed by atoms with Gasteiger partial charge in [-0.3, -0.25) is 9.59 Å². The summed E-state index contributed by atoms with van der Waals surface area (Å²) in [6.07, 6.45) is 2.83. The van der Waals surface area contributed by atoms with E-state index in [4.69, 9.17) is 5.11 Å². The highest BCUT2D eigenvalue weighted by molar-refractivity contribution is 5.81. The van der Waals surface area contributed by atoms with Crippen molar-refractivity contribution in [1.29, 1.82) is 0 Å². The van der Waals surface area contributed by atoms with Crippen molar-refractivity contribution in [2.75, 3.05) is 25.0 Å². The maximum Gasteiger partial charge on any atom is 0.303 e. The molecular weight excluding hydrogens is 268 g/mol. The molecule has 0 atom stereocenters. The van der Waals surface area contributed by atoms with E-state index < -0.39 is 5.97 Å². The maximum absolute atomic E-state index is 12.3. The first-order valence-corrected chi connectivity index (χ1v) is 7.35. The van der Waals surface area contributed by atoms with Gasteiger partial charge in [-0.1, -0.05) is 18.2 Å². The number of hydrogen-bond acceptors (Lipinski definition) is 3. The molecule has 5 heteroatoms. The van der Waals surface area contributed by atoms with Crippen LogP contribution in [0.3, 0.4) is 0 Å². The van der Waals surface area contributed by atoms with E-state index in [9.17, 15) is 9.59 Å². The van der Waals surface area contributed by atoms with E-state index >= 15 is 0 Å². The molecule has 0 aromatic heterocycles. The summed E-state index contributed by atoms with van der Waals surface area (Å²) in [7, 11) is 1.85. The summed E-state index contributed by atoms with van der Waals surface area (Å²) in [5.74, 6) is -0.707. The van der Waals surface area contributed by atoms with E-state index in [0.717, 1.165) is 18.5 Å². The van der Waals surface area contributed by atoms with Gasteiger partial charge in [0, 0.05) is 31.7 Å². The van der Waals surface area contributed by atoms with Gasteiger partial charge in [0.2, 0.25) is 5.91 Å². The highest BCUT2D eigenvalue weighted by atomic mass is 16.4. The Balaban J connectivity index is 1.97. The number of anilines is 1. The number of aliphatic carboxylic acids is 1. The number of likely N-dealkylation sites (N-methyl/N-ethyl adjacent to an activating group) is 1. The lowest BCUT2D eigenvalue weighted by molar-refractivity contribution is -0.137. The molecule has 114 valence electrons. The number of carboxylic acid groups (broad SMARTS) is 1. The Kier molecular flexibility index (Phi) is 5.20. The van der Waals surface area contributed by atoms with Crippen molar-refractivity contribution >= 4 is 17.6 Å². The Morgan fingerprint density at radius 1 is 1.24 bits per heavy atom. The lowest BCUT2D eigenvalue weighted by Crippen LogP contribution is -2.40. The van der Waals surface area contributed by atoms with E-state index in [2.05, 4.69) is 0 Å². The number of rotatable bonds is 8. The van der Waals surface area contributed by atoms with Crippen molar-refractivity contribution in [1.82, 2.24) is 4.90 Å². The zero-order valence-corrected chi connectivity index (χ0v) is 12.4. The SMILES string of the molecule is CN(C(=O)CN(CCCC(=O)O)c1ccccc1)C1CC1. The monoisotopic (exact) mass is 290 g/mol. The predicted octanol–water partition coefficient (Wildman–Crippen LogP) is 1.98. The molecule has 0 heterocycles. The van der Waals surface area contributed by atoms with Crippen LogP contribution in [-0.2, 0) is 9.59 Å². The molecule has 21 heavy (non-hydrogen) atoms. The quantitative estimate of drug-likeness (QED) is 0.795. The molecule has 0 radical (unpaired) electrons. The van der Waals surface area contributed by atoms with Crippen LogP contribution in [0, 0.1) is 0 Å². The molecule has 2 rings (SSSR count). The van der Waals surface area contributed by atoms with Crippen LogP contribution in [-0.4, -0.2) is 48.1 Å². The molecule has 1 aliphatic carbocycles. The van der Waals surface area contributed by atoms with Crippen molar-refractivity contribution in [3.05, 3.63) is 30.3 Å². The standard InChI is InChI=1S/C16H22N2O3/c1-17(13-9-10-13)15(19)12-18(11-5-8-16(20)21)14-6-3-2-4-7-14/h2-4,6-7,13H,5,8-12H2,1H3,(H,20,21). The first-order valence-electron chi connectivity index (χ1n) is 7.35. The van der Waals surface area contributed by atoms with E-state index in [0.29, 0.717) is 25.6 Å². The average molecular weight is 290 g/mol. The zero-order valence-electron chi connectivity index (χ0n) is 12.4. The van der Waals surface area contributed by atoms with Crippen LogP contribution in [0.15, 0.2) is 30.3 Å². The third-order valence-electron chi connectivity index (χ3n) is 3.75. The van der Waals surface area contributed by atoms with E-state index in [1.165, 1.54) is 0 Å². The summed E-state index contributed by atoms with van der Waals surface area (Å²) < 4.78 is 0. The maximum atomic E-state index is 12.3. The highest BCUT2D eigenvalue weighted by Crippen LogP contribution is 2.25.